The zero-order chi connectivity index (χ0) is 15.9. The molecule has 114 valence electrons. The van der Waals surface area contributed by atoms with Crippen LogP contribution in [0.5, 0.6) is 0 Å². The molecule has 0 aromatic heterocycles. The molecule has 1 N–H and O–H groups in total. The van der Waals surface area contributed by atoms with Crippen molar-refractivity contribution in [3.05, 3.63) is 48.0 Å². The van der Waals surface area contributed by atoms with Gasteiger partial charge in [-0.3, -0.25) is 9.69 Å². The molecule has 0 bridgehead atoms. The van der Waals surface area contributed by atoms with Gasteiger partial charge in [0.1, 0.15) is 6.04 Å². The van der Waals surface area contributed by atoms with Gasteiger partial charge in [-0.05, 0) is 29.3 Å². The number of rotatable bonds is 7. The normalized spacial score (nSPS) is 12.2. The summed E-state index contributed by atoms with van der Waals surface area (Å²) in [6.07, 6.45) is 0.922. The average molecular weight is 296 g/mol. The quantitative estimate of drug-likeness (QED) is 0.848. The molecule has 1 atom stereocenters. The predicted octanol–water partition coefficient (Wildman–Crippen LogP) is 3.59. The summed E-state index contributed by atoms with van der Waals surface area (Å²) in [7, 11) is 0. The van der Waals surface area contributed by atoms with Crippen LogP contribution in [0.4, 0.5) is 0 Å². The van der Waals surface area contributed by atoms with Gasteiger partial charge in [-0.1, -0.05) is 49.4 Å². The first-order valence-corrected chi connectivity index (χ1v) is 7.50. The van der Waals surface area contributed by atoms with Crippen LogP contribution in [0.1, 0.15) is 31.4 Å². The fraction of sp³-hybridized carbons (Fsp3) is 0.333. The third kappa shape index (κ3) is 3.63. The summed E-state index contributed by atoms with van der Waals surface area (Å²) in [4.78, 5) is 12.8. The van der Waals surface area contributed by atoms with Gasteiger partial charge in [0, 0.05) is 6.54 Å². The second kappa shape index (κ2) is 7.58. The van der Waals surface area contributed by atoms with Gasteiger partial charge in [-0.25, -0.2) is 0 Å². The Morgan fingerprint density at radius 1 is 1.23 bits per heavy atom. The second-order valence-electron chi connectivity index (χ2n) is 5.28. The Balaban J connectivity index is 2.39. The van der Waals surface area contributed by atoms with Gasteiger partial charge in [-0.2, -0.15) is 5.26 Å². The summed E-state index contributed by atoms with van der Waals surface area (Å²) in [5.74, 6) is -0.837. The molecular weight excluding hydrogens is 276 g/mol. The molecule has 22 heavy (non-hydrogen) atoms. The van der Waals surface area contributed by atoms with E-state index in [-0.39, 0.29) is 6.42 Å². The van der Waals surface area contributed by atoms with Gasteiger partial charge in [0.25, 0.3) is 0 Å². The summed E-state index contributed by atoms with van der Waals surface area (Å²) < 4.78 is 0. The molecule has 4 heteroatoms. The molecule has 2 rings (SSSR count). The molecule has 0 amide bonds. The molecule has 0 aliphatic carbocycles. The van der Waals surface area contributed by atoms with Crippen molar-refractivity contribution in [3.8, 4) is 6.07 Å². The van der Waals surface area contributed by atoms with Crippen molar-refractivity contribution in [2.75, 3.05) is 13.1 Å². The van der Waals surface area contributed by atoms with Crippen LogP contribution in [0.3, 0.4) is 0 Å². The lowest BCUT2D eigenvalue weighted by Gasteiger charge is -2.27. The predicted molar refractivity (Wildman–Crippen MR) is 86.4 cm³/mol. The Kier molecular flexibility index (Phi) is 5.51. The Hall–Kier alpha value is -2.38. The number of benzene rings is 2. The van der Waals surface area contributed by atoms with E-state index in [9.17, 15) is 10.1 Å². The van der Waals surface area contributed by atoms with Crippen LogP contribution in [-0.2, 0) is 4.79 Å². The lowest BCUT2D eigenvalue weighted by Crippen LogP contribution is -2.31. The molecule has 0 heterocycles. The van der Waals surface area contributed by atoms with Crippen LogP contribution in [-0.4, -0.2) is 29.1 Å². The highest BCUT2D eigenvalue weighted by Gasteiger charge is 2.21. The Morgan fingerprint density at radius 2 is 1.95 bits per heavy atom. The largest absolute Gasteiger partial charge is 0.481 e. The van der Waals surface area contributed by atoms with E-state index in [0.29, 0.717) is 13.1 Å². The van der Waals surface area contributed by atoms with E-state index >= 15 is 0 Å². The molecule has 0 aliphatic rings. The van der Waals surface area contributed by atoms with Crippen molar-refractivity contribution in [2.45, 2.75) is 25.8 Å². The molecule has 0 fully saturated rings. The fourth-order valence-corrected chi connectivity index (χ4v) is 2.73. The van der Waals surface area contributed by atoms with Gasteiger partial charge in [0.2, 0.25) is 0 Å². The van der Waals surface area contributed by atoms with Crippen molar-refractivity contribution in [3.63, 3.8) is 0 Å². The maximum absolute atomic E-state index is 10.9. The molecule has 2 aromatic rings. The minimum absolute atomic E-state index is 0.0446. The minimum Gasteiger partial charge on any atom is -0.481 e. The van der Waals surface area contributed by atoms with E-state index in [0.717, 1.165) is 22.8 Å². The smallest absolute Gasteiger partial charge is 0.304 e. The van der Waals surface area contributed by atoms with Crippen LogP contribution in [0, 0.1) is 11.3 Å². The number of hydrogen-bond acceptors (Lipinski definition) is 3. The number of carboxylic acids is 1. The van der Waals surface area contributed by atoms with Gasteiger partial charge in [-0.15, -0.1) is 0 Å². The summed E-state index contributed by atoms with van der Waals surface area (Å²) in [5, 5.41) is 20.7. The summed E-state index contributed by atoms with van der Waals surface area (Å²) in [6, 6.07) is 15.8. The standard InChI is InChI=1S/C18H20N2O2/c1-2-11-20(12-10-18(21)22)17(13-19)16-9-5-7-14-6-3-4-8-15(14)16/h3-9,17H,2,10-12H2,1H3,(H,21,22). The van der Waals surface area contributed by atoms with Crippen LogP contribution >= 0.6 is 0 Å². The number of aliphatic carboxylic acids is 1. The Morgan fingerprint density at radius 3 is 2.64 bits per heavy atom. The van der Waals surface area contributed by atoms with E-state index in [4.69, 9.17) is 5.11 Å². The second-order valence-corrected chi connectivity index (χ2v) is 5.28. The summed E-state index contributed by atoms with van der Waals surface area (Å²) >= 11 is 0. The highest BCUT2D eigenvalue weighted by Crippen LogP contribution is 2.28. The summed E-state index contributed by atoms with van der Waals surface area (Å²) in [6.45, 7) is 3.12. The molecule has 0 spiro atoms. The average Bonchev–Trinajstić information content (AvgIpc) is 2.53. The molecule has 4 nitrogen and oxygen atoms in total. The monoisotopic (exact) mass is 296 g/mol. The molecule has 0 radical (unpaired) electrons. The van der Waals surface area contributed by atoms with Crippen molar-refractivity contribution < 1.29 is 9.90 Å². The minimum atomic E-state index is -0.837. The molecule has 1 unspecified atom stereocenters. The fourth-order valence-electron chi connectivity index (χ4n) is 2.73. The van der Waals surface area contributed by atoms with Crippen molar-refractivity contribution in [1.29, 1.82) is 5.26 Å². The zero-order valence-electron chi connectivity index (χ0n) is 12.7. The number of carboxylic acid groups (broad SMARTS) is 1. The molecule has 2 aromatic carbocycles. The maximum Gasteiger partial charge on any atom is 0.304 e. The molecular formula is C18H20N2O2. The lowest BCUT2D eigenvalue weighted by molar-refractivity contribution is -0.137. The van der Waals surface area contributed by atoms with E-state index in [2.05, 4.69) is 6.07 Å². The van der Waals surface area contributed by atoms with Gasteiger partial charge < -0.3 is 5.11 Å². The van der Waals surface area contributed by atoms with Crippen LogP contribution in [0.2, 0.25) is 0 Å². The van der Waals surface area contributed by atoms with Crippen molar-refractivity contribution in [2.24, 2.45) is 0 Å². The molecule has 0 saturated carbocycles. The van der Waals surface area contributed by atoms with Crippen LogP contribution < -0.4 is 0 Å². The number of nitrogens with zero attached hydrogens (tertiary/aromatic N) is 2. The topological polar surface area (TPSA) is 64.3 Å². The summed E-state index contributed by atoms with van der Waals surface area (Å²) in [5.41, 5.74) is 0.944. The van der Waals surface area contributed by atoms with Gasteiger partial charge in [0.15, 0.2) is 0 Å². The van der Waals surface area contributed by atoms with Crippen molar-refractivity contribution >= 4 is 16.7 Å². The molecule has 0 saturated heterocycles. The van der Waals surface area contributed by atoms with Crippen LogP contribution in [0.25, 0.3) is 10.8 Å². The first kappa shape index (κ1) is 16.0. The van der Waals surface area contributed by atoms with E-state index in [1.54, 1.807) is 0 Å². The third-order valence-corrected chi connectivity index (χ3v) is 3.73. The van der Waals surface area contributed by atoms with E-state index in [1.165, 1.54) is 0 Å². The Bertz CT molecular complexity index is 686. The number of hydrogen-bond donors (Lipinski definition) is 1. The highest BCUT2D eigenvalue weighted by atomic mass is 16.4. The SMILES string of the molecule is CCCN(CCC(=O)O)C(C#N)c1cccc2ccccc12. The Labute approximate surface area is 130 Å². The maximum atomic E-state index is 10.9. The number of nitriles is 1. The van der Waals surface area contributed by atoms with Gasteiger partial charge >= 0.3 is 5.97 Å². The molecule has 0 aliphatic heterocycles. The van der Waals surface area contributed by atoms with E-state index < -0.39 is 12.0 Å². The number of fused-ring (bicyclic) bond motifs is 1. The van der Waals surface area contributed by atoms with Crippen LogP contribution in [0.15, 0.2) is 42.5 Å². The number of carbonyl (C=O) groups is 1. The zero-order valence-corrected chi connectivity index (χ0v) is 12.7. The first-order chi connectivity index (χ1) is 10.7. The highest BCUT2D eigenvalue weighted by molar-refractivity contribution is 5.86. The van der Waals surface area contributed by atoms with Gasteiger partial charge in [0.05, 0.1) is 12.5 Å². The third-order valence-electron chi connectivity index (χ3n) is 3.73. The van der Waals surface area contributed by atoms with Crippen molar-refractivity contribution in [1.82, 2.24) is 4.90 Å². The van der Waals surface area contributed by atoms with E-state index in [1.807, 2.05) is 54.3 Å². The first-order valence-electron chi connectivity index (χ1n) is 7.50. The lowest BCUT2D eigenvalue weighted by atomic mass is 9.98.